The third kappa shape index (κ3) is 1.94. The predicted molar refractivity (Wildman–Crippen MR) is 59.0 cm³/mol. The second kappa shape index (κ2) is 3.90. The van der Waals surface area contributed by atoms with Crippen LogP contribution < -0.4 is 16.2 Å². The van der Waals surface area contributed by atoms with Gasteiger partial charge in [0.15, 0.2) is 5.82 Å². The standard InChI is InChI=1S/C9H15N5O/c1-13-2-4-14(5-3-13)8-7(10)9(15)12-6-11-8/h6H,2-5,10H2,1H3,(H,11,12,15). The van der Waals surface area contributed by atoms with Crippen molar-refractivity contribution in [2.24, 2.45) is 0 Å². The average Bonchev–Trinajstić information content (AvgIpc) is 2.24. The van der Waals surface area contributed by atoms with E-state index in [-0.39, 0.29) is 11.2 Å². The Morgan fingerprint density at radius 2 is 2.07 bits per heavy atom. The summed E-state index contributed by atoms with van der Waals surface area (Å²) >= 11 is 0. The van der Waals surface area contributed by atoms with E-state index < -0.39 is 0 Å². The molecule has 1 aliphatic heterocycles. The maximum absolute atomic E-state index is 11.3. The number of H-pyrrole nitrogens is 1. The van der Waals surface area contributed by atoms with Gasteiger partial charge >= 0.3 is 0 Å². The second-order valence-electron chi connectivity index (χ2n) is 3.76. The van der Waals surface area contributed by atoms with E-state index >= 15 is 0 Å². The average molecular weight is 209 g/mol. The van der Waals surface area contributed by atoms with E-state index in [1.54, 1.807) is 0 Å². The zero-order valence-corrected chi connectivity index (χ0v) is 8.73. The fraction of sp³-hybridized carbons (Fsp3) is 0.556. The van der Waals surface area contributed by atoms with Crippen molar-refractivity contribution in [1.29, 1.82) is 0 Å². The van der Waals surface area contributed by atoms with Crippen LogP contribution >= 0.6 is 0 Å². The van der Waals surface area contributed by atoms with Crippen LogP contribution in [0.1, 0.15) is 0 Å². The number of hydrogen-bond acceptors (Lipinski definition) is 5. The highest BCUT2D eigenvalue weighted by Crippen LogP contribution is 2.16. The fourth-order valence-corrected chi connectivity index (χ4v) is 1.67. The minimum Gasteiger partial charge on any atom is -0.391 e. The summed E-state index contributed by atoms with van der Waals surface area (Å²) in [4.78, 5) is 22.1. The predicted octanol–water partition coefficient (Wildman–Crippen LogP) is -0.896. The van der Waals surface area contributed by atoms with Gasteiger partial charge in [0.25, 0.3) is 5.56 Å². The molecule has 15 heavy (non-hydrogen) atoms. The van der Waals surface area contributed by atoms with Gasteiger partial charge in [-0.1, -0.05) is 0 Å². The molecule has 0 radical (unpaired) electrons. The summed E-state index contributed by atoms with van der Waals surface area (Å²) in [5.41, 5.74) is 5.63. The summed E-state index contributed by atoms with van der Waals surface area (Å²) < 4.78 is 0. The first kappa shape index (κ1) is 9.97. The molecule has 1 saturated heterocycles. The largest absolute Gasteiger partial charge is 0.391 e. The summed E-state index contributed by atoms with van der Waals surface area (Å²) in [7, 11) is 2.08. The summed E-state index contributed by atoms with van der Waals surface area (Å²) in [6.45, 7) is 3.65. The van der Waals surface area contributed by atoms with Gasteiger partial charge in [0.05, 0.1) is 6.33 Å². The van der Waals surface area contributed by atoms with Gasteiger partial charge in [-0.15, -0.1) is 0 Å². The van der Waals surface area contributed by atoms with Gasteiger partial charge in [-0.2, -0.15) is 0 Å². The molecule has 0 aromatic carbocycles. The number of anilines is 2. The molecule has 1 aromatic rings. The minimum atomic E-state index is -0.265. The topological polar surface area (TPSA) is 78.2 Å². The smallest absolute Gasteiger partial charge is 0.276 e. The van der Waals surface area contributed by atoms with Crippen LogP contribution in [0.25, 0.3) is 0 Å². The Bertz CT molecular complexity index is 394. The molecule has 0 amide bonds. The van der Waals surface area contributed by atoms with E-state index in [9.17, 15) is 4.79 Å². The first-order valence-corrected chi connectivity index (χ1v) is 4.95. The molecular weight excluding hydrogens is 194 g/mol. The molecule has 2 rings (SSSR count). The van der Waals surface area contributed by atoms with Crippen LogP contribution in [0.2, 0.25) is 0 Å². The first-order valence-electron chi connectivity index (χ1n) is 4.95. The molecule has 0 saturated carbocycles. The molecule has 0 bridgehead atoms. The molecule has 2 heterocycles. The van der Waals surface area contributed by atoms with Gasteiger partial charge in [0.1, 0.15) is 5.69 Å². The van der Waals surface area contributed by atoms with Crippen LogP contribution in [0.3, 0.4) is 0 Å². The van der Waals surface area contributed by atoms with Crippen molar-refractivity contribution in [3.05, 3.63) is 16.7 Å². The maximum Gasteiger partial charge on any atom is 0.276 e. The zero-order valence-electron chi connectivity index (χ0n) is 8.73. The number of rotatable bonds is 1. The van der Waals surface area contributed by atoms with E-state index in [2.05, 4.69) is 21.9 Å². The van der Waals surface area contributed by atoms with Crippen molar-refractivity contribution in [3.8, 4) is 0 Å². The maximum atomic E-state index is 11.3. The monoisotopic (exact) mass is 209 g/mol. The van der Waals surface area contributed by atoms with Gasteiger partial charge in [-0.3, -0.25) is 4.79 Å². The zero-order chi connectivity index (χ0) is 10.8. The second-order valence-corrected chi connectivity index (χ2v) is 3.76. The molecule has 3 N–H and O–H groups in total. The molecule has 0 unspecified atom stereocenters. The summed E-state index contributed by atoms with van der Waals surface area (Å²) in [5.74, 6) is 0.604. The summed E-state index contributed by atoms with van der Waals surface area (Å²) in [6.07, 6.45) is 1.40. The Labute approximate surface area is 87.7 Å². The minimum absolute atomic E-state index is 0.210. The molecule has 6 nitrogen and oxygen atoms in total. The van der Waals surface area contributed by atoms with E-state index in [1.165, 1.54) is 6.33 Å². The molecule has 0 aliphatic carbocycles. The number of piperazine rings is 1. The normalized spacial score (nSPS) is 18.1. The molecule has 6 heteroatoms. The van der Waals surface area contributed by atoms with Gasteiger partial charge in [0, 0.05) is 26.2 Å². The van der Waals surface area contributed by atoms with E-state index in [4.69, 9.17) is 5.73 Å². The van der Waals surface area contributed by atoms with E-state index in [0.29, 0.717) is 5.82 Å². The Morgan fingerprint density at radius 1 is 1.40 bits per heavy atom. The highest BCUT2D eigenvalue weighted by atomic mass is 16.1. The lowest BCUT2D eigenvalue weighted by atomic mass is 10.3. The Hall–Kier alpha value is -1.56. The molecule has 1 aromatic heterocycles. The van der Waals surface area contributed by atoms with Crippen LogP contribution in [-0.2, 0) is 0 Å². The number of likely N-dealkylation sites (N-methyl/N-ethyl adjacent to an activating group) is 1. The first-order chi connectivity index (χ1) is 7.18. The van der Waals surface area contributed by atoms with Gasteiger partial charge < -0.3 is 20.5 Å². The van der Waals surface area contributed by atoms with Gasteiger partial charge in [-0.25, -0.2) is 4.98 Å². The Kier molecular flexibility index (Phi) is 2.59. The fourth-order valence-electron chi connectivity index (χ4n) is 1.67. The molecule has 1 fully saturated rings. The number of hydrogen-bond donors (Lipinski definition) is 2. The van der Waals surface area contributed by atoms with Crippen LogP contribution in [-0.4, -0.2) is 48.1 Å². The quantitative estimate of drug-likeness (QED) is 0.627. The van der Waals surface area contributed by atoms with Crippen molar-refractivity contribution in [2.45, 2.75) is 0 Å². The van der Waals surface area contributed by atoms with Gasteiger partial charge in [-0.05, 0) is 7.05 Å². The van der Waals surface area contributed by atoms with E-state index in [0.717, 1.165) is 26.2 Å². The summed E-state index contributed by atoms with van der Waals surface area (Å²) in [6, 6.07) is 0. The lowest BCUT2D eigenvalue weighted by Crippen LogP contribution is -2.45. The van der Waals surface area contributed by atoms with Crippen LogP contribution in [0, 0.1) is 0 Å². The number of aromatic nitrogens is 2. The third-order valence-corrected chi connectivity index (χ3v) is 2.67. The third-order valence-electron chi connectivity index (χ3n) is 2.67. The lowest BCUT2D eigenvalue weighted by Gasteiger charge is -2.33. The number of nitrogens with two attached hydrogens (primary N) is 1. The number of nitrogens with one attached hydrogen (secondary N) is 1. The van der Waals surface area contributed by atoms with Crippen LogP contribution in [0.5, 0.6) is 0 Å². The van der Waals surface area contributed by atoms with Crippen molar-refractivity contribution in [2.75, 3.05) is 43.9 Å². The van der Waals surface area contributed by atoms with Crippen molar-refractivity contribution >= 4 is 11.5 Å². The highest BCUT2D eigenvalue weighted by Gasteiger charge is 2.18. The summed E-state index contributed by atoms with van der Waals surface area (Å²) in [5, 5.41) is 0. The molecule has 0 spiro atoms. The van der Waals surface area contributed by atoms with Gasteiger partial charge in [0.2, 0.25) is 0 Å². The van der Waals surface area contributed by atoms with E-state index in [1.807, 2.05) is 4.90 Å². The van der Waals surface area contributed by atoms with Crippen molar-refractivity contribution in [3.63, 3.8) is 0 Å². The SMILES string of the molecule is CN1CCN(c2nc[nH]c(=O)c2N)CC1. The molecule has 1 aliphatic rings. The number of aromatic amines is 1. The number of nitrogens with zero attached hydrogens (tertiary/aromatic N) is 3. The Balaban J connectivity index is 2.23. The van der Waals surface area contributed by atoms with Crippen molar-refractivity contribution in [1.82, 2.24) is 14.9 Å². The highest BCUT2D eigenvalue weighted by molar-refractivity contribution is 5.60. The Morgan fingerprint density at radius 3 is 2.73 bits per heavy atom. The van der Waals surface area contributed by atoms with Crippen LogP contribution in [0.4, 0.5) is 11.5 Å². The lowest BCUT2D eigenvalue weighted by molar-refractivity contribution is 0.312. The van der Waals surface area contributed by atoms with Crippen LogP contribution in [0.15, 0.2) is 11.1 Å². The molecule has 82 valence electrons. The van der Waals surface area contributed by atoms with Crippen molar-refractivity contribution < 1.29 is 0 Å². The molecule has 0 atom stereocenters. The molecular formula is C9H15N5O. The number of nitrogen functional groups attached to an aromatic ring is 1.